The van der Waals surface area contributed by atoms with Gasteiger partial charge < -0.3 is 20.9 Å². The largest absolute Gasteiger partial charge is 0.389 e. The molecule has 2 aliphatic heterocycles. The third kappa shape index (κ3) is 6.98. The molecule has 0 unspecified atom stereocenters. The molecule has 2 heterocycles. The van der Waals surface area contributed by atoms with Crippen molar-refractivity contribution in [2.24, 2.45) is 5.92 Å². The van der Waals surface area contributed by atoms with Gasteiger partial charge in [-0.2, -0.15) is 13.2 Å². The molecule has 11 heteroatoms. The summed E-state index contributed by atoms with van der Waals surface area (Å²) in [6.45, 7) is 4.83. The van der Waals surface area contributed by atoms with E-state index in [0.717, 1.165) is 12.8 Å². The Bertz CT molecular complexity index is 683. The van der Waals surface area contributed by atoms with E-state index in [1.54, 1.807) is 4.90 Å². The van der Waals surface area contributed by atoms with E-state index < -0.39 is 18.6 Å². The minimum absolute atomic E-state index is 0.0278. The average molecular weight is 448 g/mol. The van der Waals surface area contributed by atoms with Gasteiger partial charge in [-0.1, -0.05) is 0 Å². The van der Waals surface area contributed by atoms with Crippen molar-refractivity contribution in [3.8, 4) is 0 Å². The lowest BCUT2D eigenvalue weighted by Crippen LogP contribution is -2.52. The maximum Gasteiger partial charge on any atom is 0.389 e. The first-order valence-corrected chi connectivity index (χ1v) is 11.0. The van der Waals surface area contributed by atoms with E-state index in [4.69, 9.17) is 0 Å². The first-order valence-electron chi connectivity index (χ1n) is 11.0. The van der Waals surface area contributed by atoms with E-state index in [2.05, 4.69) is 16.0 Å². The topological polar surface area (TPSA) is 93.8 Å². The SMILES string of the molecule is CC(C)NC(=O)N[C@H]1C[C@H]2CN(CCCC(F)(F)F)C[C@H](NC(=O)C3CC3)C(=O)N2C1. The minimum atomic E-state index is -4.22. The van der Waals surface area contributed by atoms with Crippen LogP contribution in [0.4, 0.5) is 18.0 Å². The number of alkyl halides is 3. The Kier molecular flexibility index (Phi) is 7.33. The Morgan fingerprint density at radius 2 is 1.84 bits per heavy atom. The monoisotopic (exact) mass is 447 g/mol. The van der Waals surface area contributed by atoms with Crippen molar-refractivity contribution in [1.82, 2.24) is 25.8 Å². The summed E-state index contributed by atoms with van der Waals surface area (Å²) in [5.41, 5.74) is 0. The van der Waals surface area contributed by atoms with Gasteiger partial charge in [0.15, 0.2) is 0 Å². The van der Waals surface area contributed by atoms with Crippen molar-refractivity contribution < 1.29 is 27.6 Å². The van der Waals surface area contributed by atoms with Crippen molar-refractivity contribution in [3.05, 3.63) is 0 Å². The van der Waals surface area contributed by atoms with Crippen LogP contribution in [0.3, 0.4) is 0 Å². The zero-order valence-corrected chi connectivity index (χ0v) is 18.0. The lowest BCUT2D eigenvalue weighted by atomic mass is 10.1. The second-order valence-electron chi connectivity index (χ2n) is 9.16. The number of halogens is 3. The van der Waals surface area contributed by atoms with Gasteiger partial charge in [0.2, 0.25) is 11.8 Å². The molecule has 0 aromatic carbocycles. The molecule has 0 radical (unpaired) electrons. The second kappa shape index (κ2) is 9.62. The van der Waals surface area contributed by atoms with Crippen LogP contribution >= 0.6 is 0 Å². The predicted molar refractivity (Wildman–Crippen MR) is 107 cm³/mol. The van der Waals surface area contributed by atoms with Gasteiger partial charge in [0, 0.05) is 44.1 Å². The summed E-state index contributed by atoms with van der Waals surface area (Å²) in [6, 6.07) is -1.59. The fourth-order valence-corrected chi connectivity index (χ4v) is 4.29. The number of urea groups is 1. The fraction of sp³-hybridized carbons (Fsp3) is 0.850. The summed E-state index contributed by atoms with van der Waals surface area (Å²) >= 11 is 0. The third-order valence-electron chi connectivity index (χ3n) is 5.86. The van der Waals surface area contributed by atoms with Crippen molar-refractivity contribution in [1.29, 1.82) is 0 Å². The summed E-state index contributed by atoms with van der Waals surface area (Å²) in [5.74, 6) is -0.471. The molecule has 0 spiro atoms. The van der Waals surface area contributed by atoms with Crippen LogP contribution in [0, 0.1) is 5.92 Å². The number of nitrogens with one attached hydrogen (secondary N) is 3. The number of rotatable bonds is 7. The summed E-state index contributed by atoms with van der Waals surface area (Å²) in [7, 11) is 0. The van der Waals surface area contributed by atoms with Crippen molar-refractivity contribution in [2.75, 3.05) is 26.2 Å². The highest BCUT2D eigenvalue weighted by Crippen LogP contribution is 2.30. The molecule has 0 aromatic rings. The average Bonchev–Trinajstić information content (AvgIpc) is 3.42. The molecule has 8 nitrogen and oxygen atoms in total. The molecular formula is C20H32F3N5O3. The van der Waals surface area contributed by atoms with Crippen LogP contribution in [-0.4, -0.2) is 84.2 Å². The molecule has 3 fully saturated rings. The molecule has 0 bridgehead atoms. The highest BCUT2D eigenvalue weighted by atomic mass is 19.4. The number of nitrogens with zero attached hydrogens (tertiary/aromatic N) is 2. The smallest absolute Gasteiger partial charge is 0.343 e. The molecule has 1 saturated carbocycles. The number of carbonyl (C=O) groups excluding carboxylic acids is 3. The molecule has 3 rings (SSSR count). The van der Waals surface area contributed by atoms with E-state index in [1.807, 2.05) is 18.7 Å². The van der Waals surface area contributed by atoms with Gasteiger partial charge >= 0.3 is 12.2 Å². The quantitative estimate of drug-likeness (QED) is 0.547. The standard InChI is InChI=1S/C20H32F3N5O3/c1-12(2)24-19(31)25-14-8-15-10-27(7-3-6-20(21,22)23)11-16(18(30)28(15)9-14)26-17(29)13-4-5-13/h12-16H,3-11H2,1-2H3,(H,26,29)(H2,24,25,31)/t14-,15-,16-/m0/s1. The van der Waals surface area contributed by atoms with Gasteiger partial charge in [-0.05, 0) is 46.1 Å². The number of hydrogen-bond acceptors (Lipinski definition) is 4. The molecule has 2 saturated heterocycles. The first kappa shape index (κ1) is 23.6. The highest BCUT2D eigenvalue weighted by Gasteiger charge is 2.44. The summed E-state index contributed by atoms with van der Waals surface area (Å²) in [4.78, 5) is 41.0. The van der Waals surface area contributed by atoms with Crippen LogP contribution in [0.25, 0.3) is 0 Å². The molecular weight excluding hydrogens is 415 g/mol. The lowest BCUT2D eigenvalue weighted by molar-refractivity contribution is -0.137. The van der Waals surface area contributed by atoms with Crippen LogP contribution in [0.5, 0.6) is 0 Å². The van der Waals surface area contributed by atoms with Gasteiger partial charge in [-0.15, -0.1) is 0 Å². The van der Waals surface area contributed by atoms with Gasteiger partial charge in [0.05, 0.1) is 6.04 Å². The molecule has 31 heavy (non-hydrogen) atoms. The number of hydrogen-bond donors (Lipinski definition) is 3. The lowest BCUT2D eigenvalue weighted by Gasteiger charge is -2.25. The maximum atomic E-state index is 13.2. The molecule has 4 amide bonds. The molecule has 3 atom stereocenters. The van der Waals surface area contributed by atoms with E-state index in [9.17, 15) is 27.6 Å². The Hall–Kier alpha value is -2.04. The van der Waals surface area contributed by atoms with Gasteiger partial charge in [0.25, 0.3) is 0 Å². The molecule has 3 N–H and O–H groups in total. The first-order chi connectivity index (χ1) is 14.5. The summed E-state index contributed by atoms with van der Waals surface area (Å²) < 4.78 is 37.8. The highest BCUT2D eigenvalue weighted by molar-refractivity contribution is 5.90. The number of fused-ring (bicyclic) bond motifs is 1. The Morgan fingerprint density at radius 3 is 2.45 bits per heavy atom. The third-order valence-corrected chi connectivity index (χ3v) is 5.86. The summed E-state index contributed by atoms with van der Waals surface area (Å²) in [5, 5.41) is 8.43. The molecule has 3 aliphatic rings. The number of amides is 4. The van der Waals surface area contributed by atoms with Gasteiger partial charge in [-0.3, -0.25) is 14.5 Å². The zero-order chi connectivity index (χ0) is 22.8. The molecule has 176 valence electrons. The van der Waals surface area contributed by atoms with E-state index in [0.29, 0.717) is 19.5 Å². The van der Waals surface area contributed by atoms with Crippen LogP contribution in [0.2, 0.25) is 0 Å². The fourth-order valence-electron chi connectivity index (χ4n) is 4.29. The summed E-state index contributed by atoms with van der Waals surface area (Å²) in [6.07, 6.45) is -3.05. The zero-order valence-electron chi connectivity index (χ0n) is 18.0. The number of carbonyl (C=O) groups is 3. The van der Waals surface area contributed by atoms with Gasteiger partial charge in [-0.25, -0.2) is 4.79 Å². The van der Waals surface area contributed by atoms with Crippen molar-refractivity contribution in [3.63, 3.8) is 0 Å². The Balaban J connectivity index is 1.66. The van der Waals surface area contributed by atoms with Crippen LogP contribution < -0.4 is 16.0 Å². The van der Waals surface area contributed by atoms with E-state index in [-0.39, 0.29) is 61.4 Å². The Labute approximate surface area is 180 Å². The Morgan fingerprint density at radius 1 is 1.13 bits per heavy atom. The normalized spacial score (nSPS) is 27.1. The van der Waals surface area contributed by atoms with Crippen molar-refractivity contribution in [2.45, 2.75) is 76.3 Å². The minimum Gasteiger partial charge on any atom is -0.343 e. The van der Waals surface area contributed by atoms with Crippen molar-refractivity contribution >= 4 is 17.8 Å². The molecule has 1 aliphatic carbocycles. The van der Waals surface area contributed by atoms with E-state index in [1.165, 1.54) is 0 Å². The predicted octanol–water partition coefficient (Wildman–Crippen LogP) is 1.22. The second-order valence-corrected chi connectivity index (χ2v) is 9.16. The maximum absolute atomic E-state index is 13.2. The van der Waals surface area contributed by atoms with E-state index >= 15 is 0 Å². The van der Waals surface area contributed by atoms with Crippen LogP contribution in [0.15, 0.2) is 0 Å². The van der Waals surface area contributed by atoms with Crippen LogP contribution in [-0.2, 0) is 9.59 Å². The molecule has 0 aromatic heterocycles. The van der Waals surface area contributed by atoms with Crippen LogP contribution in [0.1, 0.15) is 46.0 Å². The van der Waals surface area contributed by atoms with Gasteiger partial charge in [0.1, 0.15) is 6.04 Å².